The van der Waals surface area contributed by atoms with Crippen LogP contribution in [0.3, 0.4) is 0 Å². The number of piperidine rings is 1. The molecule has 7 heteroatoms. The molecule has 30 heavy (non-hydrogen) atoms. The summed E-state index contributed by atoms with van der Waals surface area (Å²) in [5.74, 6) is 2.74. The Morgan fingerprint density at radius 1 is 1.20 bits per heavy atom. The molecule has 2 unspecified atom stereocenters. The molecule has 1 N–H and O–H groups in total. The van der Waals surface area contributed by atoms with Gasteiger partial charge in [0.1, 0.15) is 6.61 Å². The molecule has 6 nitrogen and oxygen atoms in total. The van der Waals surface area contributed by atoms with Gasteiger partial charge in [-0.05, 0) is 29.9 Å². The third kappa shape index (κ3) is 6.57. The molecule has 2 atom stereocenters. The van der Waals surface area contributed by atoms with Crippen molar-refractivity contribution in [2.45, 2.75) is 25.8 Å². The fourth-order valence-electron chi connectivity index (χ4n) is 3.95. The van der Waals surface area contributed by atoms with Crippen molar-refractivity contribution in [1.82, 2.24) is 15.2 Å². The second-order valence-corrected chi connectivity index (χ2v) is 7.44. The average Bonchev–Trinajstić information content (AvgIpc) is 2.76. The lowest BCUT2D eigenvalue weighted by Crippen LogP contribution is -2.47. The van der Waals surface area contributed by atoms with Crippen molar-refractivity contribution in [1.29, 1.82) is 0 Å². The first-order valence-corrected chi connectivity index (χ1v) is 10.3. The highest BCUT2D eigenvalue weighted by Crippen LogP contribution is 2.32. The molecule has 1 saturated heterocycles. The lowest BCUT2D eigenvalue weighted by Gasteiger charge is -2.39. The highest BCUT2D eigenvalue weighted by molar-refractivity contribution is 14.0. The summed E-state index contributed by atoms with van der Waals surface area (Å²) in [7, 11) is 3.51. The highest BCUT2D eigenvalue weighted by atomic mass is 127. The molecule has 1 aromatic carbocycles. The van der Waals surface area contributed by atoms with E-state index in [-0.39, 0.29) is 24.0 Å². The lowest BCUT2D eigenvalue weighted by atomic mass is 9.82. The van der Waals surface area contributed by atoms with E-state index in [9.17, 15) is 0 Å². The third-order valence-electron chi connectivity index (χ3n) is 5.46. The molecular weight excluding hydrogens is 491 g/mol. The molecule has 1 aromatic heterocycles. The monoisotopic (exact) mass is 524 g/mol. The predicted molar refractivity (Wildman–Crippen MR) is 132 cm³/mol. The number of pyridine rings is 1. The maximum absolute atomic E-state index is 5.74. The third-order valence-corrected chi connectivity index (χ3v) is 5.46. The van der Waals surface area contributed by atoms with Crippen molar-refractivity contribution >= 4 is 29.9 Å². The number of guanidine groups is 1. The van der Waals surface area contributed by atoms with Crippen LogP contribution < -0.4 is 10.1 Å². The summed E-state index contributed by atoms with van der Waals surface area (Å²) in [6.07, 6.45) is 2.88. The molecule has 0 spiro atoms. The quantitative estimate of drug-likeness (QED) is 0.258. The zero-order valence-corrected chi connectivity index (χ0v) is 20.4. The van der Waals surface area contributed by atoms with E-state index in [1.54, 1.807) is 13.3 Å². The van der Waals surface area contributed by atoms with Gasteiger partial charge in [0.2, 0.25) is 5.88 Å². The molecule has 1 aliphatic rings. The molecule has 2 aromatic rings. The maximum Gasteiger partial charge on any atom is 0.218 e. The fraction of sp³-hybridized carbons (Fsp3) is 0.478. The Labute approximate surface area is 197 Å². The Balaban J connectivity index is 0.00000320. The van der Waals surface area contributed by atoms with Gasteiger partial charge in [0.25, 0.3) is 0 Å². The van der Waals surface area contributed by atoms with Gasteiger partial charge >= 0.3 is 0 Å². The molecule has 0 saturated carbocycles. The van der Waals surface area contributed by atoms with E-state index in [0.29, 0.717) is 37.5 Å². The molecule has 1 aliphatic heterocycles. The number of methoxy groups -OCH3 is 1. The van der Waals surface area contributed by atoms with Crippen LogP contribution in [0.2, 0.25) is 0 Å². The van der Waals surface area contributed by atoms with E-state index in [4.69, 9.17) is 9.47 Å². The van der Waals surface area contributed by atoms with Crippen LogP contribution in [0.15, 0.2) is 53.7 Å². The van der Waals surface area contributed by atoms with Gasteiger partial charge < -0.3 is 19.7 Å². The van der Waals surface area contributed by atoms with Crippen LogP contribution in [0.25, 0.3) is 0 Å². The SMILES string of the molecule is CN=C(NCc1cccnc1OCCOC)N1CCC(c2ccccc2)C(C)C1.I. The van der Waals surface area contributed by atoms with E-state index in [1.807, 2.05) is 19.2 Å². The number of aromatic nitrogens is 1. The number of aliphatic imine (C=N–C) groups is 1. The molecule has 0 aliphatic carbocycles. The van der Waals surface area contributed by atoms with E-state index < -0.39 is 0 Å². The van der Waals surface area contributed by atoms with E-state index in [1.165, 1.54) is 5.56 Å². The smallest absolute Gasteiger partial charge is 0.218 e. The van der Waals surface area contributed by atoms with Crippen LogP contribution in [0.5, 0.6) is 5.88 Å². The van der Waals surface area contributed by atoms with Gasteiger partial charge in [-0.3, -0.25) is 4.99 Å². The standard InChI is InChI=1S/C23H32N4O2.HI/c1-18-17-27(13-11-21(18)19-8-5-4-6-9-19)23(24-2)26-16-20-10-7-12-25-22(20)29-15-14-28-3;/h4-10,12,18,21H,11,13-17H2,1-3H3,(H,24,26);1H. The Bertz CT molecular complexity index is 788. The summed E-state index contributed by atoms with van der Waals surface area (Å²) in [4.78, 5) is 11.2. The second kappa shape index (κ2) is 12.7. The summed E-state index contributed by atoms with van der Waals surface area (Å²) in [6.45, 7) is 5.96. The molecule has 3 rings (SSSR count). The lowest BCUT2D eigenvalue weighted by molar-refractivity contribution is 0.143. The Morgan fingerprint density at radius 2 is 2.00 bits per heavy atom. The van der Waals surface area contributed by atoms with Gasteiger partial charge in [0.15, 0.2) is 5.96 Å². The van der Waals surface area contributed by atoms with Gasteiger partial charge in [-0.2, -0.15) is 0 Å². The number of hydrogen-bond donors (Lipinski definition) is 1. The Kier molecular flexibility index (Phi) is 10.4. The number of ether oxygens (including phenoxy) is 2. The maximum atomic E-state index is 5.74. The largest absolute Gasteiger partial charge is 0.475 e. The topological polar surface area (TPSA) is 59.0 Å². The fourth-order valence-corrected chi connectivity index (χ4v) is 3.95. The molecule has 1 fully saturated rings. The zero-order valence-electron chi connectivity index (χ0n) is 18.1. The first kappa shape index (κ1) is 24.4. The van der Waals surface area contributed by atoms with Crippen LogP contribution in [0.1, 0.15) is 30.4 Å². The minimum Gasteiger partial charge on any atom is -0.475 e. The Hall–Kier alpha value is -1.87. The van der Waals surface area contributed by atoms with Crippen molar-refractivity contribution in [2.75, 3.05) is 40.5 Å². The first-order chi connectivity index (χ1) is 14.2. The summed E-state index contributed by atoms with van der Waals surface area (Å²) < 4.78 is 10.8. The molecule has 0 radical (unpaired) electrons. The van der Waals surface area contributed by atoms with Crippen LogP contribution in [-0.2, 0) is 11.3 Å². The molecule has 0 bridgehead atoms. The first-order valence-electron chi connectivity index (χ1n) is 10.3. The molecule has 2 heterocycles. The average molecular weight is 524 g/mol. The zero-order chi connectivity index (χ0) is 20.5. The van der Waals surface area contributed by atoms with Crippen LogP contribution in [-0.4, -0.2) is 56.3 Å². The summed E-state index contributed by atoms with van der Waals surface area (Å²) in [5, 5.41) is 3.49. The van der Waals surface area contributed by atoms with Crippen molar-refractivity contribution in [3.8, 4) is 5.88 Å². The number of nitrogens with zero attached hydrogens (tertiary/aromatic N) is 3. The van der Waals surface area contributed by atoms with Crippen LogP contribution in [0.4, 0.5) is 0 Å². The van der Waals surface area contributed by atoms with Crippen LogP contribution >= 0.6 is 24.0 Å². The Morgan fingerprint density at radius 3 is 2.70 bits per heavy atom. The number of benzene rings is 1. The minimum atomic E-state index is 0. The summed E-state index contributed by atoms with van der Waals surface area (Å²) in [5.41, 5.74) is 2.45. The number of rotatable bonds is 7. The van der Waals surface area contributed by atoms with Crippen LogP contribution in [0, 0.1) is 5.92 Å². The molecule has 164 valence electrons. The number of halogens is 1. The van der Waals surface area contributed by atoms with E-state index >= 15 is 0 Å². The van der Waals surface area contributed by atoms with Gasteiger partial charge in [0, 0.05) is 45.6 Å². The van der Waals surface area contributed by atoms with Crippen molar-refractivity contribution < 1.29 is 9.47 Å². The van der Waals surface area contributed by atoms with Crippen molar-refractivity contribution in [2.24, 2.45) is 10.9 Å². The van der Waals surface area contributed by atoms with Gasteiger partial charge in [-0.15, -0.1) is 24.0 Å². The number of likely N-dealkylation sites (tertiary alicyclic amines) is 1. The molecule has 0 amide bonds. The van der Waals surface area contributed by atoms with Crippen molar-refractivity contribution in [3.05, 3.63) is 59.8 Å². The molecular formula is C23H33IN4O2. The van der Waals surface area contributed by atoms with Gasteiger partial charge in [-0.1, -0.05) is 43.3 Å². The normalized spacial score (nSPS) is 19.2. The van der Waals surface area contributed by atoms with E-state index in [2.05, 4.69) is 57.4 Å². The summed E-state index contributed by atoms with van der Waals surface area (Å²) >= 11 is 0. The van der Waals surface area contributed by atoms with Gasteiger partial charge in [-0.25, -0.2) is 4.98 Å². The summed E-state index contributed by atoms with van der Waals surface area (Å²) in [6, 6.07) is 14.8. The minimum absolute atomic E-state index is 0. The predicted octanol–water partition coefficient (Wildman–Crippen LogP) is 3.93. The van der Waals surface area contributed by atoms with Gasteiger partial charge in [0.05, 0.1) is 6.61 Å². The number of nitrogens with one attached hydrogen (secondary N) is 1. The highest BCUT2D eigenvalue weighted by Gasteiger charge is 2.28. The van der Waals surface area contributed by atoms with Crippen molar-refractivity contribution in [3.63, 3.8) is 0 Å². The second-order valence-electron chi connectivity index (χ2n) is 7.44. The van der Waals surface area contributed by atoms with E-state index in [0.717, 1.165) is 31.0 Å². The number of hydrogen-bond acceptors (Lipinski definition) is 4.